The molecule has 3 nitrogen and oxygen atoms in total. The normalized spacial score (nSPS) is 14.5. The molecule has 0 aliphatic heterocycles. The van der Waals surface area contributed by atoms with Gasteiger partial charge in [0.05, 0.1) is 0 Å². The first-order chi connectivity index (χ1) is 7.11. The molecule has 4 heteroatoms. The largest absolute Gasteiger partial charge is 0.480 e. The van der Waals surface area contributed by atoms with Crippen LogP contribution in [0.5, 0.6) is 0 Å². The first kappa shape index (κ1) is 12.1. The minimum absolute atomic E-state index is 0.275. The Morgan fingerprint density at radius 2 is 2.07 bits per heavy atom. The summed E-state index contributed by atoms with van der Waals surface area (Å²) in [6.45, 7) is 2.05. The van der Waals surface area contributed by atoms with Gasteiger partial charge in [-0.25, -0.2) is 0 Å². The minimum atomic E-state index is -0.942. The number of hydrogen-bond acceptors (Lipinski definition) is 3. The van der Waals surface area contributed by atoms with Gasteiger partial charge in [-0.1, -0.05) is 30.3 Å². The van der Waals surface area contributed by atoms with E-state index in [2.05, 4.69) is 6.92 Å². The average molecular weight is 225 g/mol. The highest BCUT2D eigenvalue weighted by Crippen LogP contribution is 2.27. The monoisotopic (exact) mass is 225 g/mol. The number of nitrogens with two attached hydrogens (primary N) is 1. The molecule has 1 aromatic rings. The van der Waals surface area contributed by atoms with E-state index in [1.165, 1.54) is 5.56 Å². The van der Waals surface area contributed by atoms with Gasteiger partial charge in [0.1, 0.15) is 6.04 Å². The Kier molecular flexibility index (Phi) is 4.65. The number of rotatable bonds is 5. The Morgan fingerprint density at radius 3 is 2.60 bits per heavy atom. The van der Waals surface area contributed by atoms with Gasteiger partial charge in [-0.05, 0) is 12.5 Å². The molecule has 15 heavy (non-hydrogen) atoms. The molecule has 3 N–H and O–H groups in total. The summed E-state index contributed by atoms with van der Waals surface area (Å²) in [5.41, 5.74) is 6.62. The third-order valence-corrected chi connectivity index (χ3v) is 3.44. The molecule has 0 aromatic heterocycles. The summed E-state index contributed by atoms with van der Waals surface area (Å²) >= 11 is 1.56. The number of carbonyl (C=O) groups is 1. The summed E-state index contributed by atoms with van der Waals surface area (Å²) in [5, 5.41) is 8.90. The van der Waals surface area contributed by atoms with Crippen molar-refractivity contribution < 1.29 is 9.90 Å². The summed E-state index contributed by atoms with van der Waals surface area (Å²) in [4.78, 5) is 10.5. The average Bonchev–Trinajstić information content (AvgIpc) is 2.26. The zero-order valence-electron chi connectivity index (χ0n) is 8.59. The van der Waals surface area contributed by atoms with Gasteiger partial charge in [0.25, 0.3) is 0 Å². The lowest BCUT2D eigenvalue weighted by atomic mass is 10.2. The molecular formula is C11H15NO2S. The lowest BCUT2D eigenvalue weighted by molar-refractivity contribution is -0.137. The van der Waals surface area contributed by atoms with Crippen LogP contribution in [0.3, 0.4) is 0 Å². The van der Waals surface area contributed by atoms with Crippen molar-refractivity contribution in [1.82, 2.24) is 0 Å². The van der Waals surface area contributed by atoms with Gasteiger partial charge < -0.3 is 10.8 Å². The maximum atomic E-state index is 10.5. The number of benzene rings is 1. The van der Waals surface area contributed by atoms with Crippen LogP contribution in [0, 0.1) is 0 Å². The highest BCUT2D eigenvalue weighted by atomic mass is 32.2. The smallest absolute Gasteiger partial charge is 0.321 e. The molecule has 1 rings (SSSR count). The van der Waals surface area contributed by atoms with Crippen molar-refractivity contribution in [3.05, 3.63) is 35.9 Å². The number of carboxylic acid groups (broad SMARTS) is 1. The molecule has 1 aromatic carbocycles. The van der Waals surface area contributed by atoms with Crippen molar-refractivity contribution in [3.8, 4) is 0 Å². The highest BCUT2D eigenvalue weighted by Gasteiger charge is 2.14. The van der Waals surface area contributed by atoms with Crippen molar-refractivity contribution in [2.75, 3.05) is 5.75 Å². The summed E-state index contributed by atoms with van der Waals surface area (Å²) in [5.74, 6) is -0.506. The zero-order chi connectivity index (χ0) is 11.3. The topological polar surface area (TPSA) is 63.3 Å². The minimum Gasteiger partial charge on any atom is -0.480 e. The van der Waals surface area contributed by atoms with Crippen LogP contribution in [0.25, 0.3) is 0 Å². The van der Waals surface area contributed by atoms with Crippen LogP contribution in [-0.4, -0.2) is 22.9 Å². The SMILES string of the molecule is CC(SC[C@@H](N)C(=O)O)c1ccccc1. The summed E-state index contributed by atoms with van der Waals surface area (Å²) in [7, 11) is 0. The Hall–Kier alpha value is -1.00. The lowest BCUT2D eigenvalue weighted by Gasteiger charge is -2.13. The molecule has 0 saturated carbocycles. The summed E-state index contributed by atoms with van der Waals surface area (Å²) in [6.07, 6.45) is 0. The molecule has 0 aliphatic rings. The van der Waals surface area contributed by atoms with Crippen molar-refractivity contribution >= 4 is 17.7 Å². The fourth-order valence-corrected chi connectivity index (χ4v) is 2.13. The Balaban J connectivity index is 2.43. The van der Waals surface area contributed by atoms with Crippen LogP contribution >= 0.6 is 11.8 Å². The quantitative estimate of drug-likeness (QED) is 0.803. The van der Waals surface area contributed by atoms with Crippen molar-refractivity contribution in [2.45, 2.75) is 18.2 Å². The van der Waals surface area contributed by atoms with Crippen LogP contribution in [0.2, 0.25) is 0 Å². The van der Waals surface area contributed by atoms with Crippen molar-refractivity contribution in [1.29, 1.82) is 0 Å². The number of thioether (sulfide) groups is 1. The van der Waals surface area contributed by atoms with Crippen LogP contribution < -0.4 is 5.73 Å². The predicted octanol–water partition coefficient (Wildman–Crippen LogP) is 1.89. The van der Waals surface area contributed by atoms with Crippen LogP contribution in [-0.2, 0) is 4.79 Å². The number of carboxylic acids is 1. The maximum Gasteiger partial charge on any atom is 0.321 e. The molecule has 0 heterocycles. The van der Waals surface area contributed by atoms with E-state index >= 15 is 0 Å². The van der Waals surface area contributed by atoms with Gasteiger partial charge in [-0.15, -0.1) is 0 Å². The third kappa shape index (κ3) is 3.93. The summed E-state index contributed by atoms with van der Waals surface area (Å²) < 4.78 is 0. The van der Waals surface area contributed by atoms with E-state index in [-0.39, 0.29) is 5.25 Å². The molecule has 2 atom stereocenters. The third-order valence-electron chi connectivity index (χ3n) is 2.11. The van der Waals surface area contributed by atoms with Crippen LogP contribution in [0.1, 0.15) is 17.7 Å². The van der Waals surface area contributed by atoms with Crippen molar-refractivity contribution in [3.63, 3.8) is 0 Å². The first-order valence-electron chi connectivity index (χ1n) is 4.76. The number of aliphatic carboxylic acids is 1. The molecule has 0 bridgehead atoms. The Bertz CT molecular complexity index is 316. The van der Waals surface area contributed by atoms with Gasteiger partial charge in [0.2, 0.25) is 0 Å². The second-order valence-corrected chi connectivity index (χ2v) is 4.70. The number of hydrogen-bond donors (Lipinski definition) is 2. The van der Waals surface area contributed by atoms with Gasteiger partial charge >= 0.3 is 5.97 Å². The van der Waals surface area contributed by atoms with Crippen LogP contribution in [0.4, 0.5) is 0 Å². The standard InChI is InChI=1S/C11H15NO2S/c1-8(9-5-3-2-4-6-9)15-7-10(12)11(13)14/h2-6,8,10H,7,12H2,1H3,(H,13,14)/t8?,10-/m1/s1. The van der Waals surface area contributed by atoms with E-state index in [4.69, 9.17) is 10.8 Å². The Morgan fingerprint density at radius 1 is 1.47 bits per heavy atom. The molecular weight excluding hydrogens is 210 g/mol. The molecule has 82 valence electrons. The first-order valence-corrected chi connectivity index (χ1v) is 5.81. The highest BCUT2D eigenvalue weighted by molar-refractivity contribution is 7.99. The molecule has 0 saturated heterocycles. The molecule has 1 unspecified atom stereocenters. The second-order valence-electron chi connectivity index (χ2n) is 3.33. The van der Waals surface area contributed by atoms with E-state index in [0.717, 1.165) is 0 Å². The molecule has 0 aliphatic carbocycles. The van der Waals surface area contributed by atoms with Gasteiger partial charge in [0.15, 0.2) is 0 Å². The maximum absolute atomic E-state index is 10.5. The fourth-order valence-electron chi connectivity index (χ4n) is 1.14. The molecule has 0 radical (unpaired) electrons. The zero-order valence-corrected chi connectivity index (χ0v) is 9.41. The van der Waals surface area contributed by atoms with E-state index < -0.39 is 12.0 Å². The van der Waals surface area contributed by atoms with Crippen molar-refractivity contribution in [2.24, 2.45) is 5.73 Å². The van der Waals surface area contributed by atoms with Gasteiger partial charge in [-0.3, -0.25) is 4.79 Å². The predicted molar refractivity (Wildman–Crippen MR) is 62.9 cm³/mol. The molecule has 0 spiro atoms. The van der Waals surface area contributed by atoms with E-state index in [1.807, 2.05) is 30.3 Å². The molecule has 0 amide bonds. The van der Waals surface area contributed by atoms with E-state index in [1.54, 1.807) is 11.8 Å². The van der Waals surface area contributed by atoms with Gasteiger partial charge in [0, 0.05) is 11.0 Å². The Labute approximate surface area is 93.7 Å². The van der Waals surface area contributed by atoms with Gasteiger partial charge in [-0.2, -0.15) is 11.8 Å². The molecule has 0 fully saturated rings. The van der Waals surface area contributed by atoms with E-state index in [0.29, 0.717) is 5.75 Å². The summed E-state index contributed by atoms with van der Waals surface area (Å²) in [6, 6.07) is 9.20. The van der Waals surface area contributed by atoms with E-state index in [9.17, 15) is 4.79 Å². The second kappa shape index (κ2) is 5.78. The fraction of sp³-hybridized carbons (Fsp3) is 0.364. The lowest BCUT2D eigenvalue weighted by Crippen LogP contribution is -2.32. The van der Waals surface area contributed by atoms with Crippen LogP contribution in [0.15, 0.2) is 30.3 Å².